The van der Waals surface area contributed by atoms with Crippen LogP contribution >= 0.6 is 0 Å². The van der Waals surface area contributed by atoms with Crippen molar-refractivity contribution in [3.05, 3.63) is 12.4 Å². The number of nitrogens with zero attached hydrogens (tertiary/aromatic N) is 4. The summed E-state index contributed by atoms with van der Waals surface area (Å²) in [5.74, 6) is 0.441. The molecule has 0 spiro atoms. The van der Waals surface area contributed by atoms with E-state index in [1.54, 1.807) is 7.05 Å². The third-order valence-corrected chi connectivity index (χ3v) is 5.41. The van der Waals surface area contributed by atoms with E-state index in [0.29, 0.717) is 19.0 Å². The van der Waals surface area contributed by atoms with Crippen molar-refractivity contribution < 1.29 is 8.42 Å². The highest BCUT2D eigenvalue weighted by atomic mass is 32.2. The van der Waals surface area contributed by atoms with Crippen LogP contribution in [0, 0.1) is 0 Å². The van der Waals surface area contributed by atoms with Crippen LogP contribution < -0.4 is 5.32 Å². The topological polar surface area (TPSA) is 78.4 Å². The summed E-state index contributed by atoms with van der Waals surface area (Å²) in [6.45, 7) is 6.01. The number of nitrogens with one attached hydrogen (secondary N) is 1. The van der Waals surface area contributed by atoms with Crippen LogP contribution in [0.4, 0.5) is 5.95 Å². The molecule has 0 amide bonds. The van der Waals surface area contributed by atoms with Gasteiger partial charge in [0.05, 0.1) is 12.4 Å². The van der Waals surface area contributed by atoms with E-state index in [4.69, 9.17) is 0 Å². The highest BCUT2D eigenvalue weighted by molar-refractivity contribution is 7.89. The SMILES string of the molecule is CCNc1ncc(S(=O)(=O)N(C)CCN2CCCC2)cn1. The van der Waals surface area contributed by atoms with Crippen molar-refractivity contribution >= 4 is 16.0 Å². The molecule has 0 bridgehead atoms. The maximum atomic E-state index is 12.4. The minimum Gasteiger partial charge on any atom is -0.355 e. The number of rotatable bonds is 7. The first kappa shape index (κ1) is 16.1. The van der Waals surface area contributed by atoms with Gasteiger partial charge >= 0.3 is 0 Å². The fraction of sp³-hybridized carbons (Fsp3) is 0.692. The van der Waals surface area contributed by atoms with Gasteiger partial charge in [-0.15, -0.1) is 0 Å². The van der Waals surface area contributed by atoms with E-state index < -0.39 is 10.0 Å². The second-order valence-corrected chi connectivity index (χ2v) is 7.19. The van der Waals surface area contributed by atoms with Crippen molar-refractivity contribution in [3.8, 4) is 0 Å². The van der Waals surface area contributed by atoms with E-state index in [1.807, 2.05) is 6.92 Å². The smallest absolute Gasteiger partial charge is 0.245 e. The molecule has 0 unspecified atom stereocenters. The second-order valence-electron chi connectivity index (χ2n) is 5.15. The van der Waals surface area contributed by atoms with Crippen molar-refractivity contribution in [1.82, 2.24) is 19.2 Å². The fourth-order valence-corrected chi connectivity index (χ4v) is 3.34. The Kier molecular flexibility index (Phi) is 5.49. The van der Waals surface area contributed by atoms with Gasteiger partial charge in [-0.25, -0.2) is 18.4 Å². The minimum absolute atomic E-state index is 0.132. The second kappa shape index (κ2) is 7.15. The molecule has 2 rings (SSSR count). The average Bonchev–Trinajstić information content (AvgIpc) is 2.99. The molecular weight excluding hydrogens is 290 g/mol. The van der Waals surface area contributed by atoms with Crippen LogP contribution in [0.1, 0.15) is 19.8 Å². The predicted octanol–water partition coefficient (Wildman–Crippen LogP) is 0.625. The molecule has 0 radical (unpaired) electrons. The van der Waals surface area contributed by atoms with Crippen molar-refractivity contribution in [2.45, 2.75) is 24.7 Å². The van der Waals surface area contributed by atoms with Gasteiger partial charge in [0.2, 0.25) is 16.0 Å². The van der Waals surface area contributed by atoms with E-state index in [0.717, 1.165) is 19.6 Å². The Hall–Kier alpha value is -1.25. The van der Waals surface area contributed by atoms with Crippen LogP contribution in [0.3, 0.4) is 0 Å². The molecule has 0 aliphatic carbocycles. The molecule has 8 heteroatoms. The zero-order valence-corrected chi connectivity index (χ0v) is 13.4. The lowest BCUT2D eigenvalue weighted by Crippen LogP contribution is -2.35. The quantitative estimate of drug-likeness (QED) is 0.795. The molecule has 1 aliphatic rings. The van der Waals surface area contributed by atoms with Crippen LogP contribution in [0.25, 0.3) is 0 Å². The lowest BCUT2D eigenvalue weighted by Gasteiger charge is -2.21. The molecule has 1 aromatic rings. The summed E-state index contributed by atoms with van der Waals surface area (Å²) in [6, 6.07) is 0. The highest BCUT2D eigenvalue weighted by Gasteiger charge is 2.22. The largest absolute Gasteiger partial charge is 0.355 e. The molecule has 0 saturated carbocycles. The van der Waals surface area contributed by atoms with Crippen molar-refractivity contribution in [1.29, 1.82) is 0 Å². The summed E-state index contributed by atoms with van der Waals surface area (Å²) >= 11 is 0. The summed E-state index contributed by atoms with van der Waals surface area (Å²) in [5, 5.41) is 2.94. The van der Waals surface area contributed by atoms with Gasteiger partial charge in [-0.2, -0.15) is 4.31 Å². The third kappa shape index (κ3) is 4.12. The Morgan fingerprint density at radius 3 is 2.48 bits per heavy atom. The number of likely N-dealkylation sites (N-methyl/N-ethyl adjacent to an activating group) is 1. The Morgan fingerprint density at radius 1 is 1.29 bits per heavy atom. The summed E-state index contributed by atoms with van der Waals surface area (Å²) in [6.07, 6.45) is 5.12. The summed E-state index contributed by atoms with van der Waals surface area (Å²) < 4.78 is 26.2. The lowest BCUT2D eigenvalue weighted by molar-refractivity contribution is 0.310. The maximum Gasteiger partial charge on any atom is 0.245 e. The molecule has 1 aromatic heterocycles. The molecule has 0 aromatic carbocycles. The molecule has 0 atom stereocenters. The molecular formula is C13H23N5O2S. The number of anilines is 1. The molecule has 21 heavy (non-hydrogen) atoms. The van der Waals surface area contributed by atoms with Gasteiger partial charge < -0.3 is 10.2 Å². The number of hydrogen-bond acceptors (Lipinski definition) is 6. The lowest BCUT2D eigenvalue weighted by atomic mass is 10.4. The van der Waals surface area contributed by atoms with Gasteiger partial charge in [0, 0.05) is 26.7 Å². The van der Waals surface area contributed by atoms with Gasteiger partial charge in [0.25, 0.3) is 0 Å². The Balaban J connectivity index is 1.98. The molecule has 7 nitrogen and oxygen atoms in total. The summed E-state index contributed by atoms with van der Waals surface area (Å²) in [4.78, 5) is 10.5. The standard InChI is InChI=1S/C13H23N5O2S/c1-3-14-13-15-10-12(11-16-13)21(19,20)17(2)8-9-18-6-4-5-7-18/h10-11H,3-9H2,1-2H3,(H,14,15,16). The molecule has 2 heterocycles. The van der Waals surface area contributed by atoms with Gasteiger partial charge in [0.1, 0.15) is 4.90 Å². The normalized spacial score (nSPS) is 16.5. The Morgan fingerprint density at radius 2 is 1.90 bits per heavy atom. The van der Waals surface area contributed by atoms with E-state index in [-0.39, 0.29) is 4.90 Å². The van der Waals surface area contributed by atoms with Crippen LogP contribution in [0.5, 0.6) is 0 Å². The van der Waals surface area contributed by atoms with Crippen molar-refractivity contribution in [2.75, 3.05) is 45.1 Å². The first-order valence-electron chi connectivity index (χ1n) is 7.28. The van der Waals surface area contributed by atoms with Gasteiger partial charge in [-0.1, -0.05) is 0 Å². The molecule has 1 saturated heterocycles. The highest BCUT2D eigenvalue weighted by Crippen LogP contribution is 2.14. The van der Waals surface area contributed by atoms with Crippen molar-refractivity contribution in [2.24, 2.45) is 0 Å². The Labute approximate surface area is 126 Å². The fourth-order valence-electron chi connectivity index (χ4n) is 2.29. The number of sulfonamides is 1. The van der Waals surface area contributed by atoms with Crippen LogP contribution in [0.15, 0.2) is 17.3 Å². The molecule has 118 valence electrons. The van der Waals surface area contributed by atoms with Gasteiger partial charge in [-0.05, 0) is 32.9 Å². The average molecular weight is 313 g/mol. The van der Waals surface area contributed by atoms with E-state index >= 15 is 0 Å². The van der Waals surface area contributed by atoms with Crippen LogP contribution in [0.2, 0.25) is 0 Å². The summed E-state index contributed by atoms with van der Waals surface area (Å²) in [7, 11) is -1.91. The van der Waals surface area contributed by atoms with Crippen LogP contribution in [-0.4, -0.2) is 67.4 Å². The van der Waals surface area contributed by atoms with E-state index in [1.165, 1.54) is 29.5 Å². The van der Waals surface area contributed by atoms with Crippen LogP contribution in [-0.2, 0) is 10.0 Å². The predicted molar refractivity (Wildman–Crippen MR) is 81.7 cm³/mol. The first-order valence-corrected chi connectivity index (χ1v) is 8.72. The summed E-state index contributed by atoms with van der Waals surface area (Å²) in [5.41, 5.74) is 0. The number of aromatic nitrogens is 2. The van der Waals surface area contributed by atoms with Gasteiger partial charge in [-0.3, -0.25) is 0 Å². The minimum atomic E-state index is -3.51. The maximum absolute atomic E-state index is 12.4. The molecule has 1 fully saturated rings. The van der Waals surface area contributed by atoms with Crippen molar-refractivity contribution in [3.63, 3.8) is 0 Å². The zero-order valence-electron chi connectivity index (χ0n) is 12.6. The van der Waals surface area contributed by atoms with Gasteiger partial charge in [0.15, 0.2) is 0 Å². The third-order valence-electron chi connectivity index (χ3n) is 3.60. The monoisotopic (exact) mass is 313 g/mol. The number of hydrogen-bond donors (Lipinski definition) is 1. The first-order chi connectivity index (χ1) is 10.0. The number of likely N-dealkylation sites (tertiary alicyclic amines) is 1. The van der Waals surface area contributed by atoms with E-state index in [2.05, 4.69) is 20.2 Å². The molecule has 1 aliphatic heterocycles. The zero-order chi connectivity index (χ0) is 15.3. The molecule has 1 N–H and O–H groups in total. The Bertz CT molecular complexity index is 540. The van der Waals surface area contributed by atoms with E-state index in [9.17, 15) is 8.42 Å².